The number of nitrogens with zero attached hydrogens (tertiary/aromatic N) is 1. The van der Waals surface area contributed by atoms with Crippen LogP contribution >= 0.6 is 0 Å². The first-order valence-corrected chi connectivity index (χ1v) is 13.2. The molecule has 0 saturated carbocycles. The number of pyridine rings is 1. The minimum atomic E-state index is -3.40. The zero-order chi connectivity index (χ0) is 24.1. The van der Waals surface area contributed by atoms with Gasteiger partial charge in [0.05, 0.1) is 17.3 Å². The normalized spacial score (nSPS) is 14.6. The summed E-state index contributed by atoms with van der Waals surface area (Å²) in [6.45, 7) is 4.39. The molecule has 0 bridgehead atoms. The number of rotatable bonds is 8. The van der Waals surface area contributed by atoms with Crippen molar-refractivity contribution in [3.63, 3.8) is 0 Å². The van der Waals surface area contributed by atoms with Gasteiger partial charge in [0.25, 0.3) is 0 Å². The molecule has 180 valence electrons. The SMILES string of the molecule is CCS(=O)(=O)c1ccc(Oc2ccc(OCC3CCNCC3)cc2)c(-c2ccc(=O)n(C)c2)c1. The third-order valence-corrected chi connectivity index (χ3v) is 7.82. The maximum Gasteiger partial charge on any atom is 0.250 e. The lowest BCUT2D eigenvalue weighted by molar-refractivity contribution is 0.215. The third-order valence-electron chi connectivity index (χ3n) is 6.08. The van der Waals surface area contributed by atoms with E-state index in [1.165, 1.54) is 10.6 Å². The smallest absolute Gasteiger partial charge is 0.250 e. The Hall–Kier alpha value is -3.10. The van der Waals surface area contributed by atoms with Crippen LogP contribution in [-0.4, -0.2) is 38.4 Å². The van der Waals surface area contributed by atoms with Gasteiger partial charge in [-0.25, -0.2) is 8.42 Å². The first-order valence-electron chi connectivity index (χ1n) is 11.5. The molecule has 34 heavy (non-hydrogen) atoms. The molecule has 1 aliphatic rings. The second kappa shape index (κ2) is 10.4. The van der Waals surface area contributed by atoms with E-state index in [1.807, 2.05) is 24.3 Å². The predicted molar refractivity (Wildman–Crippen MR) is 132 cm³/mol. The van der Waals surface area contributed by atoms with Gasteiger partial charge in [-0.3, -0.25) is 4.79 Å². The molecule has 1 N–H and O–H groups in total. The monoisotopic (exact) mass is 482 g/mol. The van der Waals surface area contributed by atoms with E-state index >= 15 is 0 Å². The van der Waals surface area contributed by atoms with Gasteiger partial charge in [0.2, 0.25) is 5.56 Å². The number of hydrogen-bond donors (Lipinski definition) is 1. The van der Waals surface area contributed by atoms with Gasteiger partial charge >= 0.3 is 0 Å². The lowest BCUT2D eigenvalue weighted by atomic mass is 9.99. The van der Waals surface area contributed by atoms with Crippen LogP contribution in [0.1, 0.15) is 19.8 Å². The quantitative estimate of drug-likeness (QED) is 0.522. The summed E-state index contributed by atoms with van der Waals surface area (Å²) in [6.07, 6.45) is 3.92. The van der Waals surface area contributed by atoms with E-state index < -0.39 is 9.84 Å². The summed E-state index contributed by atoms with van der Waals surface area (Å²) in [5.74, 6) is 2.45. The first-order chi connectivity index (χ1) is 16.4. The lowest BCUT2D eigenvalue weighted by Gasteiger charge is -2.22. The lowest BCUT2D eigenvalue weighted by Crippen LogP contribution is -2.30. The molecule has 2 aromatic carbocycles. The number of ether oxygens (including phenoxy) is 2. The highest BCUT2D eigenvalue weighted by Gasteiger charge is 2.17. The van der Waals surface area contributed by atoms with Gasteiger partial charge in [0.1, 0.15) is 17.2 Å². The van der Waals surface area contributed by atoms with E-state index in [1.54, 1.807) is 44.4 Å². The largest absolute Gasteiger partial charge is 0.493 e. The molecule has 1 aromatic heterocycles. The van der Waals surface area contributed by atoms with E-state index in [-0.39, 0.29) is 16.2 Å². The highest BCUT2D eigenvalue weighted by atomic mass is 32.2. The van der Waals surface area contributed by atoms with Crippen LogP contribution in [0.2, 0.25) is 0 Å². The van der Waals surface area contributed by atoms with E-state index in [2.05, 4.69) is 5.32 Å². The van der Waals surface area contributed by atoms with Gasteiger partial charge in [-0.05, 0) is 80.4 Å². The Balaban J connectivity index is 1.58. The molecular formula is C26H30N2O5S. The fourth-order valence-electron chi connectivity index (χ4n) is 3.93. The molecule has 7 nitrogen and oxygen atoms in total. The van der Waals surface area contributed by atoms with Gasteiger partial charge in [0.15, 0.2) is 9.84 Å². The standard InChI is InChI=1S/C26H30N2O5S/c1-3-34(30,31)23-9-10-25(24(16-23)20-4-11-26(29)28(2)17-20)33-22-7-5-21(6-8-22)32-18-19-12-14-27-15-13-19/h4-11,16-17,19,27H,3,12-15,18H2,1-2H3. The average molecular weight is 483 g/mol. The van der Waals surface area contributed by atoms with Crippen molar-refractivity contribution >= 4 is 9.84 Å². The zero-order valence-electron chi connectivity index (χ0n) is 19.5. The molecule has 0 spiro atoms. The number of hydrogen-bond acceptors (Lipinski definition) is 6. The first kappa shape index (κ1) is 24.0. The minimum absolute atomic E-state index is 0.00124. The summed E-state index contributed by atoms with van der Waals surface area (Å²) in [6, 6.07) is 15.3. The molecule has 2 heterocycles. The van der Waals surface area contributed by atoms with E-state index in [4.69, 9.17) is 9.47 Å². The van der Waals surface area contributed by atoms with Crippen molar-refractivity contribution in [2.24, 2.45) is 13.0 Å². The summed E-state index contributed by atoms with van der Waals surface area (Å²) in [7, 11) is -1.75. The van der Waals surface area contributed by atoms with Crippen molar-refractivity contribution in [2.75, 3.05) is 25.4 Å². The number of piperidine rings is 1. The number of nitrogens with one attached hydrogen (secondary N) is 1. The molecule has 0 unspecified atom stereocenters. The zero-order valence-corrected chi connectivity index (χ0v) is 20.3. The van der Waals surface area contributed by atoms with Crippen molar-refractivity contribution in [1.29, 1.82) is 0 Å². The van der Waals surface area contributed by atoms with Crippen molar-refractivity contribution in [1.82, 2.24) is 9.88 Å². The average Bonchev–Trinajstić information content (AvgIpc) is 2.86. The maximum absolute atomic E-state index is 12.5. The van der Waals surface area contributed by atoms with Gasteiger partial charge in [0, 0.05) is 30.4 Å². The number of aryl methyl sites for hydroxylation is 1. The van der Waals surface area contributed by atoms with E-state index in [0.717, 1.165) is 31.7 Å². The molecule has 3 aromatic rings. The third kappa shape index (κ3) is 5.69. The molecule has 0 amide bonds. The van der Waals surface area contributed by atoms with Crippen LogP contribution in [0, 0.1) is 5.92 Å². The van der Waals surface area contributed by atoms with E-state index in [0.29, 0.717) is 35.2 Å². The van der Waals surface area contributed by atoms with Crippen LogP contribution < -0.4 is 20.3 Å². The van der Waals surface area contributed by atoms with E-state index in [9.17, 15) is 13.2 Å². The van der Waals surface area contributed by atoms with Gasteiger partial charge in [-0.2, -0.15) is 0 Å². The van der Waals surface area contributed by atoms with Gasteiger partial charge < -0.3 is 19.4 Å². The van der Waals surface area contributed by atoms with Crippen LogP contribution in [0.4, 0.5) is 0 Å². The Morgan fingerprint density at radius 1 is 1.00 bits per heavy atom. The number of sulfone groups is 1. The van der Waals surface area contributed by atoms with Crippen LogP contribution in [-0.2, 0) is 16.9 Å². The Labute approximate surface area is 200 Å². The van der Waals surface area contributed by atoms with Crippen molar-refractivity contribution in [2.45, 2.75) is 24.7 Å². The molecule has 0 aliphatic carbocycles. The van der Waals surface area contributed by atoms with Crippen LogP contribution in [0.5, 0.6) is 17.2 Å². The Bertz CT molecular complexity index is 1290. The molecule has 0 atom stereocenters. The molecule has 8 heteroatoms. The summed E-state index contributed by atoms with van der Waals surface area (Å²) < 4.78 is 38.5. The molecule has 1 saturated heterocycles. The maximum atomic E-state index is 12.5. The minimum Gasteiger partial charge on any atom is -0.493 e. The summed E-state index contributed by atoms with van der Waals surface area (Å²) >= 11 is 0. The summed E-state index contributed by atoms with van der Waals surface area (Å²) in [5, 5.41) is 3.36. The second-order valence-corrected chi connectivity index (χ2v) is 10.8. The fourth-order valence-corrected chi connectivity index (χ4v) is 4.84. The Morgan fingerprint density at radius 3 is 2.38 bits per heavy atom. The van der Waals surface area contributed by atoms with Gasteiger partial charge in [-0.1, -0.05) is 6.92 Å². The predicted octanol–water partition coefficient (Wildman–Crippen LogP) is 4.02. The van der Waals surface area contributed by atoms with Crippen molar-refractivity contribution in [3.05, 3.63) is 71.1 Å². The van der Waals surface area contributed by atoms with Crippen molar-refractivity contribution < 1.29 is 17.9 Å². The molecule has 0 radical (unpaired) electrons. The topological polar surface area (TPSA) is 86.6 Å². The number of benzene rings is 2. The summed E-state index contributed by atoms with van der Waals surface area (Å²) in [4.78, 5) is 12.1. The number of aromatic nitrogens is 1. The summed E-state index contributed by atoms with van der Waals surface area (Å²) in [5.41, 5.74) is 1.13. The van der Waals surface area contributed by atoms with Crippen LogP contribution in [0.25, 0.3) is 11.1 Å². The molecule has 1 aliphatic heterocycles. The highest BCUT2D eigenvalue weighted by Crippen LogP contribution is 2.35. The van der Waals surface area contributed by atoms with Crippen LogP contribution in [0.15, 0.2) is 70.5 Å². The highest BCUT2D eigenvalue weighted by molar-refractivity contribution is 7.91. The van der Waals surface area contributed by atoms with Gasteiger partial charge in [-0.15, -0.1) is 0 Å². The second-order valence-electron chi connectivity index (χ2n) is 8.51. The molecule has 4 rings (SSSR count). The fraction of sp³-hybridized carbons (Fsp3) is 0.346. The Kier molecular flexibility index (Phi) is 7.38. The Morgan fingerprint density at radius 2 is 1.71 bits per heavy atom. The van der Waals surface area contributed by atoms with Crippen molar-refractivity contribution in [3.8, 4) is 28.4 Å². The molecule has 1 fully saturated rings. The molecular weight excluding hydrogens is 452 g/mol. The van der Waals surface area contributed by atoms with Crippen LogP contribution in [0.3, 0.4) is 0 Å².